The third-order valence-electron chi connectivity index (χ3n) is 5.32. The number of carbonyl (C=O) groups is 1. The summed E-state index contributed by atoms with van der Waals surface area (Å²) in [5, 5.41) is 3.82. The number of benzene rings is 1. The largest absolute Gasteiger partial charge is 0.497 e. The molecule has 1 amide bonds. The number of hydrogen-bond donors (Lipinski definition) is 0. The lowest BCUT2D eigenvalue weighted by Gasteiger charge is -2.34. The fourth-order valence-electron chi connectivity index (χ4n) is 3.62. The minimum Gasteiger partial charge on any atom is -0.497 e. The van der Waals surface area contributed by atoms with Crippen molar-refractivity contribution in [3.8, 4) is 5.75 Å². The lowest BCUT2D eigenvalue weighted by Crippen LogP contribution is -2.49. The maximum absolute atomic E-state index is 13.6. The first kappa shape index (κ1) is 22.1. The van der Waals surface area contributed by atoms with Crippen molar-refractivity contribution in [3.63, 3.8) is 0 Å². The zero-order valence-electron chi connectivity index (χ0n) is 17.4. The van der Waals surface area contributed by atoms with Gasteiger partial charge in [0.05, 0.1) is 18.9 Å². The van der Waals surface area contributed by atoms with Crippen molar-refractivity contribution >= 4 is 5.91 Å². The molecule has 1 aliphatic rings. The Morgan fingerprint density at radius 1 is 1.13 bits per heavy atom. The first-order valence-corrected chi connectivity index (χ1v) is 10.00. The minimum absolute atomic E-state index is 0.372. The number of amides is 1. The van der Waals surface area contributed by atoms with Crippen LogP contribution in [0.2, 0.25) is 0 Å². The van der Waals surface area contributed by atoms with Gasteiger partial charge in [-0.1, -0.05) is 12.1 Å². The molecule has 0 N–H and O–H groups in total. The highest BCUT2D eigenvalue weighted by atomic mass is 19.4. The zero-order valence-corrected chi connectivity index (χ0v) is 17.4. The molecule has 30 heavy (non-hydrogen) atoms. The van der Waals surface area contributed by atoms with Gasteiger partial charge in [-0.2, -0.15) is 18.3 Å². The fraction of sp³-hybridized carbons (Fsp3) is 0.524. The first-order chi connectivity index (χ1) is 14.2. The van der Waals surface area contributed by atoms with Crippen LogP contribution in [0.4, 0.5) is 13.2 Å². The molecule has 0 aliphatic carbocycles. The first-order valence-electron chi connectivity index (χ1n) is 10.00. The third kappa shape index (κ3) is 4.95. The van der Waals surface area contributed by atoms with Gasteiger partial charge in [-0.3, -0.25) is 14.4 Å². The van der Waals surface area contributed by atoms with Crippen molar-refractivity contribution < 1.29 is 22.7 Å². The summed E-state index contributed by atoms with van der Waals surface area (Å²) in [6.07, 6.45) is -2.73. The normalized spacial score (nSPS) is 15.6. The molecule has 3 rings (SSSR count). The Kier molecular flexibility index (Phi) is 6.70. The van der Waals surface area contributed by atoms with Crippen LogP contribution >= 0.6 is 0 Å². The summed E-state index contributed by atoms with van der Waals surface area (Å²) in [5.41, 5.74) is -0.155. The number of nitrogens with zero attached hydrogens (tertiary/aromatic N) is 4. The van der Waals surface area contributed by atoms with Crippen LogP contribution in [0.5, 0.6) is 5.75 Å². The summed E-state index contributed by atoms with van der Waals surface area (Å²) in [6, 6.07) is 7.38. The Bertz CT molecular complexity index is 854. The number of carbonyl (C=O) groups excluding carboxylic acids is 1. The van der Waals surface area contributed by atoms with Gasteiger partial charge in [-0.15, -0.1) is 0 Å². The molecule has 0 radical (unpaired) electrons. The zero-order chi connectivity index (χ0) is 21.9. The molecule has 2 aromatic rings. The van der Waals surface area contributed by atoms with Crippen LogP contribution < -0.4 is 4.74 Å². The standard InChI is InChI=1S/C21H27F3N4O2/c1-15(2)28-19(21(22,23)24)18(14-25-28)20(29)27-12-10-26(11-13-27)9-8-16-4-6-17(30-3)7-5-16/h4-7,14-15H,8-13H2,1-3H3. The monoisotopic (exact) mass is 424 g/mol. The molecular weight excluding hydrogens is 397 g/mol. The molecule has 6 nitrogen and oxygen atoms in total. The maximum Gasteiger partial charge on any atom is 0.433 e. The predicted octanol–water partition coefficient (Wildman–Crippen LogP) is 3.49. The second-order valence-corrected chi connectivity index (χ2v) is 7.67. The maximum atomic E-state index is 13.6. The number of piperazine rings is 1. The van der Waals surface area contributed by atoms with E-state index in [1.54, 1.807) is 21.0 Å². The quantitative estimate of drug-likeness (QED) is 0.712. The van der Waals surface area contributed by atoms with Crippen LogP contribution in [0.1, 0.15) is 41.5 Å². The molecule has 0 bridgehead atoms. The van der Waals surface area contributed by atoms with Crippen molar-refractivity contribution in [1.82, 2.24) is 19.6 Å². The van der Waals surface area contributed by atoms with Crippen LogP contribution in [0.25, 0.3) is 0 Å². The number of rotatable bonds is 6. The number of methoxy groups -OCH3 is 1. The van der Waals surface area contributed by atoms with E-state index >= 15 is 0 Å². The van der Waals surface area contributed by atoms with E-state index in [1.807, 2.05) is 24.3 Å². The van der Waals surface area contributed by atoms with Crippen molar-refractivity contribution in [2.45, 2.75) is 32.5 Å². The van der Waals surface area contributed by atoms with Gasteiger partial charge in [0.25, 0.3) is 5.91 Å². The molecule has 1 aromatic heterocycles. The number of aromatic nitrogens is 2. The van der Waals surface area contributed by atoms with Gasteiger partial charge in [-0.25, -0.2) is 0 Å². The number of hydrogen-bond acceptors (Lipinski definition) is 4. The number of ether oxygens (including phenoxy) is 1. The summed E-state index contributed by atoms with van der Waals surface area (Å²) in [7, 11) is 1.63. The SMILES string of the molecule is COc1ccc(CCN2CCN(C(=O)c3cnn(C(C)C)c3C(F)(F)F)CC2)cc1. The van der Waals surface area contributed by atoms with E-state index in [0.717, 1.165) is 29.6 Å². The van der Waals surface area contributed by atoms with Gasteiger partial charge in [0, 0.05) is 38.8 Å². The van der Waals surface area contributed by atoms with E-state index in [0.29, 0.717) is 26.2 Å². The van der Waals surface area contributed by atoms with E-state index in [9.17, 15) is 18.0 Å². The molecule has 0 spiro atoms. The summed E-state index contributed by atoms with van der Waals surface area (Å²) in [4.78, 5) is 16.5. The average molecular weight is 424 g/mol. The summed E-state index contributed by atoms with van der Waals surface area (Å²) in [5.74, 6) is 0.203. The lowest BCUT2D eigenvalue weighted by molar-refractivity contribution is -0.145. The van der Waals surface area contributed by atoms with E-state index in [2.05, 4.69) is 10.00 Å². The molecular formula is C21H27F3N4O2. The highest BCUT2D eigenvalue weighted by Gasteiger charge is 2.41. The highest BCUT2D eigenvalue weighted by molar-refractivity contribution is 5.95. The van der Waals surface area contributed by atoms with Crippen LogP contribution in [-0.4, -0.2) is 65.3 Å². The minimum atomic E-state index is -4.63. The second-order valence-electron chi connectivity index (χ2n) is 7.67. The summed E-state index contributed by atoms with van der Waals surface area (Å²) < 4.78 is 46.7. The Labute approximate surface area is 174 Å². The Hall–Kier alpha value is -2.55. The number of alkyl halides is 3. The summed E-state index contributed by atoms with van der Waals surface area (Å²) >= 11 is 0. The molecule has 0 saturated carbocycles. The molecule has 9 heteroatoms. The molecule has 1 aromatic carbocycles. The molecule has 0 atom stereocenters. The van der Waals surface area contributed by atoms with Crippen molar-refractivity contribution in [2.75, 3.05) is 39.8 Å². The molecule has 2 heterocycles. The van der Waals surface area contributed by atoms with Crippen molar-refractivity contribution in [1.29, 1.82) is 0 Å². The lowest BCUT2D eigenvalue weighted by atomic mass is 10.1. The van der Waals surface area contributed by atoms with Gasteiger partial charge < -0.3 is 9.64 Å². The summed E-state index contributed by atoms with van der Waals surface area (Å²) in [6.45, 7) is 6.09. The van der Waals surface area contributed by atoms with E-state index in [-0.39, 0.29) is 5.56 Å². The van der Waals surface area contributed by atoms with Crippen molar-refractivity contribution in [3.05, 3.63) is 47.3 Å². The van der Waals surface area contributed by atoms with Crippen molar-refractivity contribution in [2.24, 2.45) is 0 Å². The Balaban J connectivity index is 1.59. The topological polar surface area (TPSA) is 50.6 Å². The molecule has 0 unspecified atom stereocenters. The third-order valence-corrected chi connectivity index (χ3v) is 5.32. The van der Waals surface area contributed by atoms with E-state index in [1.165, 1.54) is 10.5 Å². The van der Waals surface area contributed by atoms with Crippen LogP contribution in [0.15, 0.2) is 30.5 Å². The smallest absolute Gasteiger partial charge is 0.433 e. The van der Waals surface area contributed by atoms with E-state index in [4.69, 9.17) is 4.74 Å². The molecule has 1 saturated heterocycles. The second kappa shape index (κ2) is 9.07. The van der Waals surface area contributed by atoms with Gasteiger partial charge >= 0.3 is 6.18 Å². The van der Waals surface area contributed by atoms with Gasteiger partial charge in [0.1, 0.15) is 5.75 Å². The number of halogens is 3. The Morgan fingerprint density at radius 2 is 1.77 bits per heavy atom. The predicted molar refractivity (Wildman–Crippen MR) is 107 cm³/mol. The van der Waals surface area contributed by atoms with Gasteiger partial charge in [0.15, 0.2) is 5.69 Å². The molecule has 164 valence electrons. The van der Waals surface area contributed by atoms with E-state index < -0.39 is 23.8 Å². The van der Waals surface area contributed by atoms with Crippen LogP contribution in [0.3, 0.4) is 0 Å². The van der Waals surface area contributed by atoms with Crippen LogP contribution in [0, 0.1) is 0 Å². The highest BCUT2D eigenvalue weighted by Crippen LogP contribution is 2.34. The molecule has 1 aliphatic heterocycles. The average Bonchev–Trinajstić information content (AvgIpc) is 3.19. The van der Waals surface area contributed by atoms with Crippen LogP contribution in [-0.2, 0) is 12.6 Å². The molecule has 1 fully saturated rings. The fourth-order valence-corrected chi connectivity index (χ4v) is 3.62. The van der Waals surface area contributed by atoms with Gasteiger partial charge in [0.2, 0.25) is 0 Å². The van der Waals surface area contributed by atoms with Gasteiger partial charge in [-0.05, 0) is 38.0 Å². The Morgan fingerprint density at radius 3 is 2.30 bits per heavy atom.